The molecular weight excluding hydrogens is 186 g/mol. The third-order valence-electron chi connectivity index (χ3n) is 2.17. The Hall–Kier alpha value is -0.350. The van der Waals surface area contributed by atoms with Gasteiger partial charge in [0, 0.05) is 0 Å². The quantitative estimate of drug-likeness (QED) is 0.670. The van der Waals surface area contributed by atoms with Gasteiger partial charge in [-0.05, 0) is 18.8 Å². The number of allylic oxidation sites excluding steroid dienone is 1. The number of sulfonamides is 1. The highest BCUT2D eigenvalue weighted by atomic mass is 32.2. The number of hydrogen-bond donors (Lipinski definition) is 1. The summed E-state index contributed by atoms with van der Waals surface area (Å²) < 4.78 is 22.4. The minimum Gasteiger partial charge on any atom is -0.228 e. The van der Waals surface area contributed by atoms with Gasteiger partial charge in [0.25, 0.3) is 0 Å². The van der Waals surface area contributed by atoms with Crippen LogP contribution >= 0.6 is 0 Å². The average molecular weight is 205 g/mol. The lowest BCUT2D eigenvalue weighted by Gasteiger charge is -2.19. The lowest BCUT2D eigenvalue weighted by molar-refractivity contribution is 0.485. The van der Waals surface area contributed by atoms with E-state index in [0.717, 1.165) is 6.42 Å². The Kier molecular flexibility index (Phi) is 5.25. The highest BCUT2D eigenvalue weighted by molar-refractivity contribution is 7.89. The van der Waals surface area contributed by atoms with Gasteiger partial charge in [-0.15, -0.1) is 6.58 Å². The van der Waals surface area contributed by atoms with Gasteiger partial charge in [-0.1, -0.05) is 26.3 Å². The second-order valence-corrected chi connectivity index (χ2v) is 5.20. The Balaban J connectivity index is 4.50. The van der Waals surface area contributed by atoms with Gasteiger partial charge in [0.1, 0.15) is 0 Å². The van der Waals surface area contributed by atoms with Crippen LogP contribution in [0.2, 0.25) is 0 Å². The summed E-state index contributed by atoms with van der Waals surface area (Å²) in [5.41, 5.74) is 0. The summed E-state index contributed by atoms with van der Waals surface area (Å²) in [5.74, 6) is 0.0625. The van der Waals surface area contributed by atoms with Crippen LogP contribution in [0.5, 0.6) is 0 Å². The van der Waals surface area contributed by atoms with E-state index in [-0.39, 0.29) is 5.92 Å². The molecule has 0 heterocycles. The molecular formula is C9H19NO2S. The van der Waals surface area contributed by atoms with E-state index in [1.807, 2.05) is 13.8 Å². The van der Waals surface area contributed by atoms with Crippen molar-refractivity contribution in [2.45, 2.75) is 38.4 Å². The molecule has 13 heavy (non-hydrogen) atoms. The molecule has 0 bridgehead atoms. The Bertz CT molecular complexity index is 246. The van der Waals surface area contributed by atoms with Crippen LogP contribution in [0.4, 0.5) is 0 Å². The molecule has 0 aromatic heterocycles. The number of hydrogen-bond acceptors (Lipinski definition) is 2. The molecule has 2 atom stereocenters. The van der Waals surface area contributed by atoms with Crippen molar-refractivity contribution in [3.63, 3.8) is 0 Å². The van der Waals surface area contributed by atoms with Gasteiger partial charge in [-0.2, -0.15) is 0 Å². The Morgan fingerprint density at radius 2 is 2.08 bits per heavy atom. The van der Waals surface area contributed by atoms with Crippen LogP contribution in [0.1, 0.15) is 33.1 Å². The van der Waals surface area contributed by atoms with Crippen LogP contribution in [0.25, 0.3) is 0 Å². The van der Waals surface area contributed by atoms with Crippen molar-refractivity contribution in [3.05, 3.63) is 12.7 Å². The van der Waals surface area contributed by atoms with Gasteiger partial charge in [0.15, 0.2) is 0 Å². The maximum absolute atomic E-state index is 11.2. The molecule has 3 nitrogen and oxygen atoms in total. The van der Waals surface area contributed by atoms with Crippen molar-refractivity contribution in [1.29, 1.82) is 0 Å². The van der Waals surface area contributed by atoms with Crippen LogP contribution in [0, 0.1) is 5.92 Å². The first-order valence-electron chi connectivity index (χ1n) is 4.56. The van der Waals surface area contributed by atoms with E-state index in [1.54, 1.807) is 6.08 Å². The van der Waals surface area contributed by atoms with Gasteiger partial charge in [-0.3, -0.25) is 0 Å². The molecule has 78 valence electrons. The molecule has 2 N–H and O–H groups in total. The molecule has 0 unspecified atom stereocenters. The minimum absolute atomic E-state index is 0.0625. The van der Waals surface area contributed by atoms with E-state index in [2.05, 4.69) is 6.58 Å². The molecule has 4 heteroatoms. The fourth-order valence-electron chi connectivity index (χ4n) is 1.47. The van der Waals surface area contributed by atoms with Crippen molar-refractivity contribution in [1.82, 2.24) is 0 Å². The van der Waals surface area contributed by atoms with Crippen LogP contribution in [-0.4, -0.2) is 13.7 Å². The summed E-state index contributed by atoms with van der Waals surface area (Å²) >= 11 is 0. The average Bonchev–Trinajstić information content (AvgIpc) is 1.98. The summed E-state index contributed by atoms with van der Waals surface area (Å²) in [6.07, 6.45) is 3.90. The summed E-state index contributed by atoms with van der Waals surface area (Å²) in [6, 6.07) is 0. The maximum atomic E-state index is 11.2. The van der Waals surface area contributed by atoms with Crippen LogP contribution < -0.4 is 5.14 Å². The number of rotatable bonds is 6. The summed E-state index contributed by atoms with van der Waals surface area (Å²) in [4.78, 5) is 0. The van der Waals surface area contributed by atoms with Crippen molar-refractivity contribution in [3.8, 4) is 0 Å². The SMILES string of the molecule is C=CC[C@H](C)[C@@H](CCC)S(N)(=O)=O. The molecule has 0 saturated carbocycles. The molecule has 0 fully saturated rings. The first-order chi connectivity index (χ1) is 5.93. The third-order valence-corrected chi connectivity index (χ3v) is 3.71. The van der Waals surface area contributed by atoms with E-state index >= 15 is 0 Å². The second-order valence-electron chi connectivity index (χ2n) is 3.42. The smallest absolute Gasteiger partial charge is 0.212 e. The van der Waals surface area contributed by atoms with E-state index in [4.69, 9.17) is 5.14 Å². The highest BCUT2D eigenvalue weighted by Gasteiger charge is 2.25. The fraction of sp³-hybridized carbons (Fsp3) is 0.778. The van der Waals surface area contributed by atoms with Crippen LogP contribution in [-0.2, 0) is 10.0 Å². The zero-order valence-corrected chi connectivity index (χ0v) is 9.18. The number of primary sulfonamides is 1. The molecule has 0 aliphatic rings. The first-order valence-corrected chi connectivity index (χ1v) is 6.16. The Morgan fingerprint density at radius 3 is 2.38 bits per heavy atom. The molecule has 0 aromatic rings. The molecule has 0 aliphatic carbocycles. The third kappa shape index (κ3) is 4.43. The normalized spacial score (nSPS) is 16.5. The van der Waals surface area contributed by atoms with Gasteiger partial charge in [0.2, 0.25) is 10.0 Å². The van der Waals surface area contributed by atoms with Crippen LogP contribution in [0.15, 0.2) is 12.7 Å². The largest absolute Gasteiger partial charge is 0.228 e. The van der Waals surface area contributed by atoms with Gasteiger partial charge in [-0.25, -0.2) is 13.6 Å². The maximum Gasteiger partial charge on any atom is 0.212 e. The lowest BCUT2D eigenvalue weighted by atomic mass is 10.0. The second kappa shape index (κ2) is 5.40. The predicted molar refractivity (Wildman–Crippen MR) is 55.8 cm³/mol. The molecule has 0 aliphatic heterocycles. The van der Waals surface area contributed by atoms with E-state index in [0.29, 0.717) is 12.8 Å². The van der Waals surface area contributed by atoms with Crippen LogP contribution in [0.3, 0.4) is 0 Å². The molecule has 0 amide bonds. The predicted octanol–water partition coefficient (Wildman–Crippen LogP) is 1.66. The highest BCUT2D eigenvalue weighted by Crippen LogP contribution is 2.19. The molecule has 0 spiro atoms. The van der Waals surface area contributed by atoms with Crippen molar-refractivity contribution in [2.75, 3.05) is 0 Å². The van der Waals surface area contributed by atoms with Crippen molar-refractivity contribution >= 4 is 10.0 Å². The number of nitrogens with two attached hydrogens (primary N) is 1. The first kappa shape index (κ1) is 12.7. The topological polar surface area (TPSA) is 60.2 Å². The Morgan fingerprint density at radius 1 is 1.54 bits per heavy atom. The minimum atomic E-state index is -3.40. The Labute approximate surface area is 81.1 Å². The molecule has 0 rings (SSSR count). The van der Waals surface area contributed by atoms with E-state index < -0.39 is 15.3 Å². The van der Waals surface area contributed by atoms with Crippen molar-refractivity contribution < 1.29 is 8.42 Å². The zero-order valence-electron chi connectivity index (χ0n) is 8.36. The van der Waals surface area contributed by atoms with Gasteiger partial charge < -0.3 is 0 Å². The molecule has 0 radical (unpaired) electrons. The molecule has 0 aromatic carbocycles. The monoisotopic (exact) mass is 205 g/mol. The van der Waals surface area contributed by atoms with Gasteiger partial charge in [0.05, 0.1) is 5.25 Å². The summed E-state index contributed by atoms with van der Waals surface area (Å²) in [6.45, 7) is 7.44. The van der Waals surface area contributed by atoms with E-state index in [1.165, 1.54) is 0 Å². The summed E-state index contributed by atoms with van der Waals surface area (Å²) in [7, 11) is -3.40. The fourth-order valence-corrected chi connectivity index (χ4v) is 2.79. The lowest BCUT2D eigenvalue weighted by Crippen LogP contribution is -2.33. The molecule has 0 saturated heterocycles. The van der Waals surface area contributed by atoms with Gasteiger partial charge >= 0.3 is 0 Å². The zero-order chi connectivity index (χ0) is 10.5. The van der Waals surface area contributed by atoms with E-state index in [9.17, 15) is 8.42 Å². The standard InChI is InChI=1S/C9H19NO2S/c1-4-6-8(3)9(7-5-2)13(10,11)12/h4,8-9H,1,5-7H2,2-3H3,(H2,10,11,12)/t8-,9+/m0/s1. The van der Waals surface area contributed by atoms with Crippen molar-refractivity contribution in [2.24, 2.45) is 11.1 Å². The summed E-state index contributed by atoms with van der Waals surface area (Å²) in [5, 5.41) is 4.71.